The molecule has 0 aromatic carbocycles. The van der Waals surface area contributed by atoms with Gasteiger partial charge in [0.1, 0.15) is 14.4 Å². The van der Waals surface area contributed by atoms with Crippen molar-refractivity contribution in [3.8, 4) is 0 Å². The maximum absolute atomic E-state index is 12.4. The largest absolute Gasteiger partial charge is 0.383 e. The molecule has 0 aliphatic carbocycles. The molecule has 15 heavy (non-hydrogen) atoms. The zero-order chi connectivity index (χ0) is 11.8. The number of hydrogen-bond donors (Lipinski definition) is 2. The van der Waals surface area contributed by atoms with Crippen molar-refractivity contribution in [1.82, 2.24) is 4.98 Å². The summed E-state index contributed by atoms with van der Waals surface area (Å²) < 4.78 is 46.7. The van der Waals surface area contributed by atoms with Crippen LogP contribution in [0.3, 0.4) is 0 Å². The molecule has 0 aliphatic rings. The Morgan fingerprint density at radius 3 is 2.40 bits per heavy atom. The summed E-state index contributed by atoms with van der Waals surface area (Å²) in [7, 11) is -4.07. The lowest BCUT2D eigenvalue weighted by Gasteiger charge is -2.07. The van der Waals surface area contributed by atoms with Crippen LogP contribution in [0, 0.1) is 3.70 Å². The lowest BCUT2D eigenvalue weighted by atomic mass is 10.3. The summed E-state index contributed by atoms with van der Waals surface area (Å²) in [5.74, 6) is -0.401. The molecule has 1 aromatic heterocycles. The first-order chi connectivity index (χ1) is 6.73. The fraction of sp³-hybridized carbons (Fsp3) is 0.167. The van der Waals surface area contributed by atoms with Crippen molar-refractivity contribution in [3.63, 3.8) is 0 Å². The lowest BCUT2D eigenvalue weighted by molar-refractivity contribution is 0.151. The second kappa shape index (κ2) is 4.14. The van der Waals surface area contributed by atoms with E-state index in [9.17, 15) is 17.2 Å². The number of rotatable bonds is 2. The summed E-state index contributed by atoms with van der Waals surface area (Å²) in [6.07, 6.45) is -2.89. The van der Waals surface area contributed by atoms with Crippen LogP contribution in [-0.2, 0) is 10.0 Å². The van der Waals surface area contributed by atoms with Crippen molar-refractivity contribution in [2.45, 2.75) is 11.3 Å². The fourth-order valence-electron chi connectivity index (χ4n) is 0.874. The Morgan fingerprint density at radius 2 is 2.00 bits per heavy atom. The summed E-state index contributed by atoms with van der Waals surface area (Å²) in [6.45, 7) is 0. The first kappa shape index (κ1) is 12.5. The number of anilines is 1. The number of alkyl halides is 2. The van der Waals surface area contributed by atoms with Gasteiger partial charge in [-0.3, -0.25) is 0 Å². The van der Waals surface area contributed by atoms with E-state index in [2.05, 4.69) is 4.98 Å². The summed E-state index contributed by atoms with van der Waals surface area (Å²) in [4.78, 5) is 3.04. The Bertz CT molecular complexity index is 491. The van der Waals surface area contributed by atoms with Crippen LogP contribution in [0.2, 0.25) is 0 Å². The quantitative estimate of drug-likeness (QED) is 0.611. The van der Waals surface area contributed by atoms with E-state index in [4.69, 9.17) is 10.9 Å². The molecule has 0 bridgehead atoms. The molecule has 0 spiro atoms. The Morgan fingerprint density at radius 1 is 1.47 bits per heavy atom. The predicted molar refractivity (Wildman–Crippen MR) is 57.7 cm³/mol. The van der Waals surface area contributed by atoms with Crippen LogP contribution >= 0.6 is 22.6 Å². The highest BCUT2D eigenvalue weighted by molar-refractivity contribution is 14.1. The minimum Gasteiger partial charge on any atom is -0.383 e. The molecule has 0 saturated carbocycles. The number of primary sulfonamides is 1. The van der Waals surface area contributed by atoms with Crippen LogP contribution in [0.5, 0.6) is 0 Å². The number of nitrogen functional groups attached to an aromatic ring is 1. The smallest absolute Gasteiger partial charge is 0.267 e. The van der Waals surface area contributed by atoms with Gasteiger partial charge in [-0.05, 0) is 28.7 Å². The molecule has 0 unspecified atom stereocenters. The van der Waals surface area contributed by atoms with E-state index < -0.39 is 32.7 Å². The van der Waals surface area contributed by atoms with E-state index in [1.165, 1.54) is 0 Å². The van der Waals surface area contributed by atoms with Crippen molar-refractivity contribution in [1.29, 1.82) is 0 Å². The van der Waals surface area contributed by atoms with E-state index in [1.54, 1.807) is 22.6 Å². The number of nitrogens with two attached hydrogens (primary N) is 2. The highest BCUT2D eigenvalue weighted by Crippen LogP contribution is 2.27. The van der Waals surface area contributed by atoms with E-state index in [-0.39, 0.29) is 3.70 Å². The molecular formula is C6H6F2IN3O2S. The predicted octanol–water partition coefficient (Wildman–Crippen LogP) is 0.853. The van der Waals surface area contributed by atoms with Crippen LogP contribution in [0.1, 0.15) is 12.0 Å². The molecule has 0 atom stereocenters. The average molecular weight is 349 g/mol. The molecule has 1 rings (SSSR count). The molecule has 0 fully saturated rings. The van der Waals surface area contributed by atoms with Crippen molar-refractivity contribution in [2.75, 3.05) is 5.73 Å². The lowest BCUT2D eigenvalue weighted by Crippen LogP contribution is -2.16. The first-order valence-electron chi connectivity index (χ1n) is 3.50. The Labute approximate surface area is 98.0 Å². The third-order valence-corrected chi connectivity index (χ3v) is 3.66. The second-order valence-electron chi connectivity index (χ2n) is 2.60. The number of halogens is 3. The highest BCUT2D eigenvalue weighted by Gasteiger charge is 2.21. The minimum absolute atomic E-state index is 0.0306. The summed E-state index contributed by atoms with van der Waals surface area (Å²) >= 11 is 1.56. The van der Waals surface area contributed by atoms with Gasteiger partial charge in [-0.2, -0.15) is 0 Å². The van der Waals surface area contributed by atoms with Gasteiger partial charge in [0.25, 0.3) is 6.43 Å². The van der Waals surface area contributed by atoms with Gasteiger partial charge in [-0.25, -0.2) is 27.3 Å². The standard InChI is InChI=1S/C6H6F2IN3O2S/c7-4(8)2-1-3(15(11,13)14)5(9)12-6(2)10/h1,4H,(H2,10,12)(H2,11,13,14). The van der Waals surface area contributed by atoms with Crippen molar-refractivity contribution < 1.29 is 17.2 Å². The molecule has 0 radical (unpaired) electrons. The van der Waals surface area contributed by atoms with Crippen LogP contribution in [0.15, 0.2) is 11.0 Å². The molecule has 9 heteroatoms. The molecule has 1 heterocycles. The number of nitrogens with zero attached hydrogens (tertiary/aromatic N) is 1. The van der Waals surface area contributed by atoms with Gasteiger partial charge >= 0.3 is 0 Å². The van der Waals surface area contributed by atoms with Gasteiger partial charge in [0.05, 0.1) is 5.56 Å². The van der Waals surface area contributed by atoms with E-state index in [1.807, 2.05) is 0 Å². The molecule has 0 saturated heterocycles. The summed E-state index contributed by atoms with van der Waals surface area (Å²) in [5, 5.41) is 4.82. The summed E-state index contributed by atoms with van der Waals surface area (Å²) in [5.41, 5.74) is 4.56. The zero-order valence-electron chi connectivity index (χ0n) is 7.12. The van der Waals surface area contributed by atoms with Crippen molar-refractivity contribution in [3.05, 3.63) is 15.3 Å². The Kier molecular flexibility index (Phi) is 3.45. The maximum Gasteiger partial charge on any atom is 0.267 e. The number of sulfonamides is 1. The molecule has 84 valence electrons. The SMILES string of the molecule is Nc1nc(I)c(S(N)(=O)=O)cc1C(F)F. The topological polar surface area (TPSA) is 99.1 Å². The Balaban J connectivity index is 3.50. The van der Waals surface area contributed by atoms with Gasteiger partial charge < -0.3 is 5.73 Å². The first-order valence-corrected chi connectivity index (χ1v) is 6.13. The van der Waals surface area contributed by atoms with Gasteiger partial charge in [0.2, 0.25) is 10.0 Å². The highest BCUT2D eigenvalue weighted by atomic mass is 127. The third-order valence-electron chi connectivity index (χ3n) is 1.55. The number of pyridine rings is 1. The van der Waals surface area contributed by atoms with E-state index >= 15 is 0 Å². The minimum atomic E-state index is -4.07. The fourth-order valence-corrected chi connectivity index (χ4v) is 2.78. The van der Waals surface area contributed by atoms with Gasteiger partial charge in [0.15, 0.2) is 0 Å². The van der Waals surface area contributed by atoms with Crippen LogP contribution in [0.4, 0.5) is 14.6 Å². The van der Waals surface area contributed by atoms with Crippen molar-refractivity contribution in [2.24, 2.45) is 5.14 Å². The van der Waals surface area contributed by atoms with E-state index in [0.717, 1.165) is 6.07 Å². The van der Waals surface area contributed by atoms with E-state index in [0.29, 0.717) is 0 Å². The zero-order valence-corrected chi connectivity index (χ0v) is 10.1. The van der Waals surface area contributed by atoms with Gasteiger partial charge in [-0.1, -0.05) is 0 Å². The molecule has 5 nitrogen and oxygen atoms in total. The monoisotopic (exact) mass is 349 g/mol. The number of aromatic nitrogens is 1. The normalized spacial score (nSPS) is 12.1. The van der Waals surface area contributed by atoms with Gasteiger partial charge in [-0.15, -0.1) is 0 Å². The van der Waals surface area contributed by atoms with Crippen LogP contribution in [0.25, 0.3) is 0 Å². The van der Waals surface area contributed by atoms with Gasteiger partial charge in [0, 0.05) is 0 Å². The second-order valence-corrected chi connectivity index (χ2v) is 5.15. The maximum atomic E-state index is 12.4. The van der Waals surface area contributed by atoms with Crippen LogP contribution in [-0.4, -0.2) is 13.4 Å². The van der Waals surface area contributed by atoms with Crippen molar-refractivity contribution >= 4 is 38.4 Å². The molecule has 0 amide bonds. The molecule has 0 aliphatic heterocycles. The average Bonchev–Trinajstić information content (AvgIpc) is 2.00. The van der Waals surface area contributed by atoms with Crippen LogP contribution < -0.4 is 10.9 Å². The molecule has 1 aromatic rings. The Hall–Kier alpha value is -0.550. The summed E-state index contributed by atoms with van der Waals surface area (Å²) in [6, 6.07) is 0.740. The third kappa shape index (κ3) is 2.72. The number of hydrogen-bond acceptors (Lipinski definition) is 4. The molecular weight excluding hydrogens is 343 g/mol. The molecule has 4 N–H and O–H groups in total.